The third-order valence-corrected chi connectivity index (χ3v) is 4.95. The summed E-state index contributed by atoms with van der Waals surface area (Å²) >= 11 is 18.8. The number of halogens is 4. The van der Waals surface area contributed by atoms with Crippen molar-refractivity contribution in [2.45, 2.75) is 16.9 Å². The zero-order valence-corrected chi connectivity index (χ0v) is 17.2. The monoisotopic (exact) mass is 452 g/mol. The molecule has 1 atom stereocenters. The number of rotatable bonds is 7. The zero-order valence-electron chi connectivity index (χ0n) is 14.1. The molecule has 0 saturated carbocycles. The maximum Gasteiger partial charge on any atom is 0.341 e. The second-order valence-electron chi connectivity index (χ2n) is 5.26. The van der Waals surface area contributed by atoms with E-state index in [9.17, 15) is 14.0 Å². The van der Waals surface area contributed by atoms with Crippen LogP contribution in [0.2, 0.25) is 0 Å². The molecule has 10 heteroatoms. The Bertz CT molecular complexity index is 796. The first kappa shape index (κ1) is 21.8. The Hall–Kier alpha value is -1.54. The van der Waals surface area contributed by atoms with Gasteiger partial charge in [-0.15, -0.1) is 11.3 Å². The van der Waals surface area contributed by atoms with Crippen LogP contribution >= 0.6 is 46.1 Å². The van der Waals surface area contributed by atoms with Crippen molar-refractivity contribution in [2.75, 3.05) is 18.6 Å². The van der Waals surface area contributed by atoms with E-state index in [1.165, 1.54) is 11.3 Å². The Kier molecular flexibility index (Phi) is 7.73. The molecular weight excluding hydrogens is 438 g/mol. The predicted octanol–water partition coefficient (Wildman–Crippen LogP) is 4.79. The van der Waals surface area contributed by atoms with Crippen molar-refractivity contribution in [2.24, 2.45) is 0 Å². The van der Waals surface area contributed by atoms with Gasteiger partial charge in [-0.05, 0) is 12.5 Å². The Morgan fingerprint density at radius 1 is 1.26 bits per heavy atom. The Balaban J connectivity index is 2.44. The number of carbonyl (C=O) groups is 2. The van der Waals surface area contributed by atoms with Gasteiger partial charge in [-0.25, -0.2) is 9.18 Å². The molecule has 2 aromatic rings. The molecule has 1 heterocycles. The molecule has 146 valence electrons. The van der Waals surface area contributed by atoms with Crippen LogP contribution < -0.4 is 10.6 Å². The van der Waals surface area contributed by atoms with E-state index >= 15 is 0 Å². The lowest BCUT2D eigenvalue weighted by Crippen LogP contribution is -2.49. The van der Waals surface area contributed by atoms with Crippen LogP contribution in [0.25, 0.3) is 11.1 Å². The number of nitrogens with one attached hydrogen (secondary N) is 2. The predicted molar refractivity (Wildman–Crippen MR) is 108 cm³/mol. The lowest BCUT2D eigenvalue weighted by molar-refractivity contribution is -0.122. The third kappa shape index (κ3) is 5.72. The minimum atomic E-state index is -1.99. The summed E-state index contributed by atoms with van der Waals surface area (Å²) in [5.41, 5.74) is 1.66. The van der Waals surface area contributed by atoms with E-state index < -0.39 is 28.5 Å². The first-order valence-corrected chi connectivity index (χ1v) is 9.81. The maximum atomic E-state index is 12.6. The molecule has 1 aromatic carbocycles. The molecule has 0 radical (unpaired) electrons. The minimum Gasteiger partial charge on any atom is -0.462 e. The van der Waals surface area contributed by atoms with Gasteiger partial charge < -0.3 is 15.4 Å². The third-order valence-electron chi connectivity index (χ3n) is 3.38. The number of esters is 1. The van der Waals surface area contributed by atoms with Gasteiger partial charge >= 0.3 is 5.97 Å². The molecule has 0 unspecified atom stereocenters. The maximum absolute atomic E-state index is 12.6. The van der Waals surface area contributed by atoms with Gasteiger partial charge in [-0.1, -0.05) is 65.1 Å². The van der Waals surface area contributed by atoms with Crippen LogP contribution in [0, 0.1) is 0 Å². The van der Waals surface area contributed by atoms with Crippen molar-refractivity contribution >= 4 is 63.0 Å². The number of amides is 1. The zero-order chi connectivity index (χ0) is 20.0. The highest BCUT2D eigenvalue weighted by Crippen LogP contribution is 2.39. The lowest BCUT2D eigenvalue weighted by atomic mass is 10.0. The van der Waals surface area contributed by atoms with E-state index in [-0.39, 0.29) is 12.2 Å². The molecule has 0 aliphatic rings. The molecule has 5 nitrogen and oxygen atoms in total. The Morgan fingerprint density at radius 2 is 1.93 bits per heavy atom. The van der Waals surface area contributed by atoms with E-state index in [0.717, 1.165) is 5.56 Å². The van der Waals surface area contributed by atoms with Crippen LogP contribution in [0.5, 0.6) is 0 Å². The quantitative estimate of drug-likeness (QED) is 0.359. The highest BCUT2D eigenvalue weighted by atomic mass is 35.6. The molecular formula is C17H16Cl3FN2O3S. The number of carbonyl (C=O) groups excluding carboxylic acids is 2. The van der Waals surface area contributed by atoms with Crippen LogP contribution in [0.4, 0.5) is 9.39 Å². The van der Waals surface area contributed by atoms with Crippen molar-refractivity contribution in [3.63, 3.8) is 0 Å². The largest absolute Gasteiger partial charge is 0.462 e. The molecule has 0 spiro atoms. The molecule has 0 bridgehead atoms. The van der Waals surface area contributed by atoms with Crippen LogP contribution in [0.3, 0.4) is 0 Å². The molecule has 1 aromatic heterocycles. The summed E-state index contributed by atoms with van der Waals surface area (Å²) < 4.78 is 15.7. The minimum absolute atomic E-state index is 0.175. The molecule has 0 aliphatic heterocycles. The standard InChI is InChI=1S/C17H16Cl3FN2O3S/c1-2-26-15(25)13-11(10-6-4-3-5-7-10)9-27-14(13)23-16(17(18,19)20)22-12(24)8-21/h3-7,9,16,23H,2,8H2,1H3,(H,22,24)/t16-/m1/s1. The van der Waals surface area contributed by atoms with E-state index in [2.05, 4.69) is 10.6 Å². The van der Waals surface area contributed by atoms with E-state index in [1.807, 2.05) is 30.3 Å². The molecule has 2 rings (SSSR count). The van der Waals surface area contributed by atoms with Gasteiger partial charge in [0.15, 0.2) is 6.67 Å². The Morgan fingerprint density at radius 3 is 2.48 bits per heavy atom. The molecule has 1 amide bonds. The summed E-state index contributed by atoms with van der Waals surface area (Å²) in [6.45, 7) is 0.587. The number of ether oxygens (including phenoxy) is 1. The first-order valence-electron chi connectivity index (χ1n) is 7.80. The summed E-state index contributed by atoms with van der Waals surface area (Å²) in [5, 5.41) is 7.11. The topological polar surface area (TPSA) is 67.4 Å². The number of hydrogen-bond acceptors (Lipinski definition) is 5. The van der Waals surface area contributed by atoms with Crippen molar-refractivity contribution in [1.29, 1.82) is 0 Å². The average molecular weight is 454 g/mol. The van der Waals surface area contributed by atoms with Gasteiger partial charge in [0.05, 0.1) is 6.61 Å². The number of alkyl halides is 4. The summed E-state index contributed by atoms with van der Waals surface area (Å²) in [7, 11) is 0. The van der Waals surface area contributed by atoms with Crippen molar-refractivity contribution < 1.29 is 18.7 Å². The van der Waals surface area contributed by atoms with Crippen LogP contribution in [0.15, 0.2) is 35.7 Å². The van der Waals surface area contributed by atoms with Gasteiger partial charge in [0.1, 0.15) is 16.7 Å². The Labute approximate surface area is 174 Å². The highest BCUT2D eigenvalue weighted by Gasteiger charge is 2.36. The highest BCUT2D eigenvalue weighted by molar-refractivity contribution is 7.15. The summed E-state index contributed by atoms with van der Waals surface area (Å²) in [4.78, 5) is 23.9. The van der Waals surface area contributed by atoms with Crippen LogP contribution in [-0.2, 0) is 9.53 Å². The fraction of sp³-hybridized carbons (Fsp3) is 0.294. The molecule has 2 N–H and O–H groups in total. The van der Waals surface area contributed by atoms with Gasteiger partial charge in [0, 0.05) is 10.9 Å². The van der Waals surface area contributed by atoms with Crippen LogP contribution in [0.1, 0.15) is 17.3 Å². The average Bonchev–Trinajstić information content (AvgIpc) is 3.05. The van der Waals surface area contributed by atoms with Crippen molar-refractivity contribution in [3.8, 4) is 11.1 Å². The number of hydrogen-bond donors (Lipinski definition) is 2. The number of anilines is 1. The van der Waals surface area contributed by atoms with Gasteiger partial charge in [0.25, 0.3) is 5.91 Å². The van der Waals surface area contributed by atoms with Gasteiger partial charge in [0.2, 0.25) is 3.79 Å². The van der Waals surface area contributed by atoms with E-state index in [4.69, 9.17) is 39.5 Å². The second kappa shape index (κ2) is 9.59. The fourth-order valence-electron chi connectivity index (χ4n) is 2.23. The summed E-state index contributed by atoms with van der Waals surface area (Å²) in [5.74, 6) is -1.53. The summed E-state index contributed by atoms with van der Waals surface area (Å²) in [6.07, 6.45) is -1.26. The van der Waals surface area contributed by atoms with Crippen molar-refractivity contribution in [3.05, 3.63) is 41.3 Å². The molecule has 0 aliphatic carbocycles. The molecule has 0 fully saturated rings. The number of benzene rings is 1. The smallest absolute Gasteiger partial charge is 0.341 e. The van der Waals surface area contributed by atoms with Crippen molar-refractivity contribution in [1.82, 2.24) is 5.32 Å². The van der Waals surface area contributed by atoms with E-state index in [0.29, 0.717) is 10.6 Å². The SMILES string of the molecule is CCOC(=O)c1c(-c2ccccc2)csc1N[C@@H](NC(=O)CF)C(Cl)(Cl)Cl. The normalized spacial score (nSPS) is 12.3. The molecule has 0 saturated heterocycles. The lowest BCUT2D eigenvalue weighted by Gasteiger charge is -2.26. The first-order chi connectivity index (χ1) is 12.8. The van der Waals surface area contributed by atoms with Gasteiger partial charge in [-0.3, -0.25) is 4.79 Å². The van der Waals surface area contributed by atoms with Gasteiger partial charge in [-0.2, -0.15) is 0 Å². The van der Waals surface area contributed by atoms with Crippen LogP contribution in [-0.4, -0.2) is 35.1 Å². The fourth-order valence-corrected chi connectivity index (χ4v) is 3.54. The molecule has 27 heavy (non-hydrogen) atoms. The van der Waals surface area contributed by atoms with E-state index in [1.54, 1.807) is 12.3 Å². The second-order valence-corrected chi connectivity index (χ2v) is 8.51. The summed E-state index contributed by atoms with van der Waals surface area (Å²) in [6, 6.07) is 9.20. The number of thiophene rings is 1.